The molecule has 2 aliphatic rings. The normalized spacial score (nSPS) is 30.1. The van der Waals surface area contributed by atoms with Crippen LogP contribution >= 0.6 is 0 Å². The zero-order valence-corrected chi connectivity index (χ0v) is 9.12. The molecule has 0 radical (unpaired) electrons. The fraction of sp³-hybridized carbons (Fsp3) is 0.909. The number of amides is 1. The van der Waals surface area contributed by atoms with Gasteiger partial charge in [-0.2, -0.15) is 0 Å². The molecule has 1 amide bonds. The van der Waals surface area contributed by atoms with E-state index in [2.05, 4.69) is 19.2 Å². The van der Waals surface area contributed by atoms with E-state index in [1.807, 2.05) is 4.90 Å². The highest BCUT2D eigenvalue weighted by atomic mass is 16.2. The Labute approximate surface area is 85.8 Å². The molecule has 2 heterocycles. The van der Waals surface area contributed by atoms with E-state index in [4.69, 9.17) is 0 Å². The maximum atomic E-state index is 12.0. The quantitative estimate of drug-likeness (QED) is 0.705. The highest BCUT2D eigenvalue weighted by molar-refractivity contribution is 5.79. The largest absolute Gasteiger partial charge is 0.342 e. The van der Waals surface area contributed by atoms with Gasteiger partial charge in [0, 0.05) is 19.0 Å². The first-order chi connectivity index (χ1) is 6.68. The summed E-state index contributed by atoms with van der Waals surface area (Å²) < 4.78 is 0. The fourth-order valence-corrected chi connectivity index (χ4v) is 2.29. The first-order valence-electron chi connectivity index (χ1n) is 5.68. The second kappa shape index (κ2) is 3.89. The number of rotatable bonds is 2. The van der Waals surface area contributed by atoms with E-state index < -0.39 is 0 Å². The molecular formula is C11H20N2O. The second-order valence-electron chi connectivity index (χ2n) is 4.89. The Morgan fingerprint density at radius 3 is 2.64 bits per heavy atom. The lowest BCUT2D eigenvalue weighted by Gasteiger charge is -2.33. The average molecular weight is 196 g/mol. The molecule has 14 heavy (non-hydrogen) atoms. The molecule has 2 saturated heterocycles. The summed E-state index contributed by atoms with van der Waals surface area (Å²) in [6.45, 7) is 8.31. The Morgan fingerprint density at radius 1 is 1.50 bits per heavy atom. The van der Waals surface area contributed by atoms with Crippen molar-refractivity contribution in [3.8, 4) is 0 Å². The maximum Gasteiger partial charge on any atom is 0.225 e. The Kier molecular flexibility index (Phi) is 2.77. The second-order valence-corrected chi connectivity index (χ2v) is 4.89. The highest BCUT2D eigenvalue weighted by Crippen LogP contribution is 2.22. The lowest BCUT2D eigenvalue weighted by molar-refractivity contribution is -0.136. The van der Waals surface area contributed by atoms with Gasteiger partial charge in [0.25, 0.3) is 0 Å². The molecule has 0 aromatic carbocycles. The van der Waals surface area contributed by atoms with Gasteiger partial charge in [-0.05, 0) is 31.3 Å². The molecule has 0 spiro atoms. The average Bonchev–Trinajstić information content (AvgIpc) is 2.47. The summed E-state index contributed by atoms with van der Waals surface area (Å²) in [6, 6.07) is 0. The van der Waals surface area contributed by atoms with E-state index in [1.54, 1.807) is 0 Å². The zero-order chi connectivity index (χ0) is 10.1. The maximum absolute atomic E-state index is 12.0. The summed E-state index contributed by atoms with van der Waals surface area (Å²) in [5.41, 5.74) is 0. The number of likely N-dealkylation sites (tertiary alicyclic amines) is 1. The first kappa shape index (κ1) is 9.97. The summed E-state index contributed by atoms with van der Waals surface area (Å²) >= 11 is 0. The zero-order valence-electron chi connectivity index (χ0n) is 9.12. The van der Waals surface area contributed by atoms with Crippen molar-refractivity contribution in [3.63, 3.8) is 0 Å². The molecule has 0 aromatic rings. The summed E-state index contributed by atoms with van der Waals surface area (Å²) in [4.78, 5) is 14.1. The third kappa shape index (κ3) is 1.78. The van der Waals surface area contributed by atoms with Gasteiger partial charge in [0.15, 0.2) is 0 Å². The highest BCUT2D eigenvalue weighted by Gasteiger charge is 2.33. The predicted molar refractivity (Wildman–Crippen MR) is 55.9 cm³/mol. The van der Waals surface area contributed by atoms with Gasteiger partial charge in [0.05, 0.1) is 0 Å². The van der Waals surface area contributed by atoms with Crippen LogP contribution in [-0.2, 0) is 4.79 Å². The van der Waals surface area contributed by atoms with E-state index in [0.717, 1.165) is 26.2 Å². The molecule has 0 aromatic heterocycles. The van der Waals surface area contributed by atoms with E-state index in [9.17, 15) is 4.79 Å². The van der Waals surface area contributed by atoms with Gasteiger partial charge in [0.2, 0.25) is 5.91 Å². The summed E-state index contributed by atoms with van der Waals surface area (Å²) in [6.07, 6.45) is 1.18. The molecule has 0 saturated carbocycles. The van der Waals surface area contributed by atoms with E-state index in [1.165, 1.54) is 6.42 Å². The number of carbonyl (C=O) groups is 1. The minimum atomic E-state index is 0.224. The van der Waals surface area contributed by atoms with Crippen molar-refractivity contribution in [2.75, 3.05) is 26.2 Å². The van der Waals surface area contributed by atoms with Gasteiger partial charge in [-0.25, -0.2) is 0 Å². The van der Waals surface area contributed by atoms with Crippen LogP contribution in [0.5, 0.6) is 0 Å². The van der Waals surface area contributed by atoms with Crippen LogP contribution in [0.25, 0.3) is 0 Å². The predicted octanol–water partition coefficient (Wildman–Crippen LogP) is 0.710. The van der Waals surface area contributed by atoms with Crippen LogP contribution in [0.3, 0.4) is 0 Å². The van der Waals surface area contributed by atoms with Crippen molar-refractivity contribution in [1.82, 2.24) is 10.2 Å². The van der Waals surface area contributed by atoms with Gasteiger partial charge in [0.1, 0.15) is 0 Å². The Morgan fingerprint density at radius 2 is 2.21 bits per heavy atom. The van der Waals surface area contributed by atoms with E-state index in [-0.39, 0.29) is 5.92 Å². The lowest BCUT2D eigenvalue weighted by Crippen LogP contribution is -2.50. The smallest absolute Gasteiger partial charge is 0.225 e. The van der Waals surface area contributed by atoms with Crippen LogP contribution in [0, 0.1) is 17.8 Å². The molecule has 2 aliphatic heterocycles. The van der Waals surface area contributed by atoms with Gasteiger partial charge in [-0.1, -0.05) is 13.8 Å². The molecule has 0 aliphatic carbocycles. The van der Waals surface area contributed by atoms with Crippen LogP contribution in [-0.4, -0.2) is 37.0 Å². The number of carbonyl (C=O) groups excluding carboxylic acids is 1. The Bertz CT molecular complexity index is 221. The van der Waals surface area contributed by atoms with Crippen molar-refractivity contribution >= 4 is 5.91 Å². The van der Waals surface area contributed by atoms with Crippen molar-refractivity contribution in [3.05, 3.63) is 0 Å². The topological polar surface area (TPSA) is 32.3 Å². The first-order valence-corrected chi connectivity index (χ1v) is 5.68. The van der Waals surface area contributed by atoms with E-state index >= 15 is 0 Å². The number of nitrogens with one attached hydrogen (secondary N) is 1. The monoisotopic (exact) mass is 196 g/mol. The van der Waals surface area contributed by atoms with Gasteiger partial charge >= 0.3 is 0 Å². The minimum Gasteiger partial charge on any atom is -0.342 e. The molecular weight excluding hydrogens is 176 g/mol. The molecule has 80 valence electrons. The van der Waals surface area contributed by atoms with Crippen molar-refractivity contribution in [2.45, 2.75) is 20.3 Å². The Hall–Kier alpha value is -0.570. The van der Waals surface area contributed by atoms with Crippen LogP contribution < -0.4 is 5.32 Å². The molecule has 2 atom stereocenters. The third-order valence-electron chi connectivity index (χ3n) is 3.65. The molecule has 3 nitrogen and oxygen atoms in total. The van der Waals surface area contributed by atoms with Crippen molar-refractivity contribution < 1.29 is 4.79 Å². The molecule has 2 rings (SSSR count). The SMILES string of the molecule is CC1CCN(C(=O)C(C)C2CNC2)C1. The summed E-state index contributed by atoms with van der Waals surface area (Å²) in [5, 5.41) is 3.23. The standard InChI is InChI=1S/C11H20N2O/c1-8-3-4-13(7-8)11(14)9(2)10-5-12-6-10/h8-10,12H,3-7H2,1-2H3. The molecule has 0 bridgehead atoms. The molecule has 3 heteroatoms. The Balaban J connectivity index is 1.87. The van der Waals surface area contributed by atoms with Crippen LogP contribution in [0.2, 0.25) is 0 Å². The van der Waals surface area contributed by atoms with Crippen LogP contribution in [0.1, 0.15) is 20.3 Å². The number of hydrogen-bond acceptors (Lipinski definition) is 2. The summed E-state index contributed by atoms with van der Waals surface area (Å²) in [7, 11) is 0. The summed E-state index contributed by atoms with van der Waals surface area (Å²) in [5.74, 6) is 1.88. The lowest BCUT2D eigenvalue weighted by atomic mass is 9.88. The van der Waals surface area contributed by atoms with Crippen molar-refractivity contribution in [1.29, 1.82) is 0 Å². The van der Waals surface area contributed by atoms with E-state index in [0.29, 0.717) is 17.7 Å². The van der Waals surface area contributed by atoms with Crippen LogP contribution in [0.15, 0.2) is 0 Å². The van der Waals surface area contributed by atoms with Gasteiger partial charge in [-0.15, -0.1) is 0 Å². The molecule has 1 N–H and O–H groups in total. The van der Waals surface area contributed by atoms with Crippen LogP contribution in [0.4, 0.5) is 0 Å². The number of hydrogen-bond donors (Lipinski definition) is 1. The van der Waals surface area contributed by atoms with Gasteiger partial charge < -0.3 is 10.2 Å². The molecule has 2 unspecified atom stereocenters. The molecule has 2 fully saturated rings. The third-order valence-corrected chi connectivity index (χ3v) is 3.65. The minimum absolute atomic E-state index is 0.224. The van der Waals surface area contributed by atoms with Gasteiger partial charge in [-0.3, -0.25) is 4.79 Å². The number of nitrogens with zero attached hydrogens (tertiary/aromatic N) is 1. The fourth-order valence-electron chi connectivity index (χ4n) is 2.29. The van der Waals surface area contributed by atoms with Crippen molar-refractivity contribution in [2.24, 2.45) is 17.8 Å².